The second-order valence-electron chi connectivity index (χ2n) is 6.57. The maximum Gasteiger partial charge on any atom is 0.267 e. The molecule has 1 N–H and O–H groups in total. The Morgan fingerprint density at radius 2 is 2.35 bits per heavy atom. The lowest BCUT2D eigenvalue weighted by atomic mass is 10.1. The van der Waals surface area contributed by atoms with E-state index in [1.54, 1.807) is 30.1 Å². The molecular formula is C19H23N5O2. The molecule has 0 aliphatic carbocycles. The number of aromatic nitrogens is 3. The second-order valence-corrected chi connectivity index (χ2v) is 6.57. The van der Waals surface area contributed by atoms with Gasteiger partial charge in [-0.15, -0.1) is 0 Å². The number of aryl methyl sites for hydroxylation is 2. The van der Waals surface area contributed by atoms with Crippen LogP contribution in [-0.2, 0) is 23.1 Å². The molecule has 0 aromatic carbocycles. The van der Waals surface area contributed by atoms with Gasteiger partial charge in [0.2, 0.25) is 0 Å². The average Bonchev–Trinajstić information content (AvgIpc) is 3.31. The quantitative estimate of drug-likeness (QED) is 0.661. The number of nitriles is 1. The van der Waals surface area contributed by atoms with Crippen molar-refractivity contribution in [1.82, 2.24) is 14.3 Å². The fraction of sp³-hybridized carbons (Fsp3) is 0.421. The van der Waals surface area contributed by atoms with Crippen molar-refractivity contribution >= 4 is 17.8 Å². The van der Waals surface area contributed by atoms with E-state index in [1.165, 1.54) is 0 Å². The molecule has 3 heterocycles. The van der Waals surface area contributed by atoms with Gasteiger partial charge in [0.15, 0.2) is 5.82 Å². The molecule has 1 amide bonds. The van der Waals surface area contributed by atoms with Gasteiger partial charge >= 0.3 is 0 Å². The Morgan fingerprint density at radius 3 is 2.96 bits per heavy atom. The fourth-order valence-electron chi connectivity index (χ4n) is 3.22. The molecule has 3 rings (SSSR count). The molecule has 2 aromatic heterocycles. The van der Waals surface area contributed by atoms with Crippen LogP contribution in [0.1, 0.15) is 29.8 Å². The summed E-state index contributed by atoms with van der Waals surface area (Å²) in [7, 11) is 1.76. The summed E-state index contributed by atoms with van der Waals surface area (Å²) in [6.45, 7) is 5.65. The smallest absolute Gasteiger partial charge is 0.267 e. The van der Waals surface area contributed by atoms with Gasteiger partial charge in [-0.1, -0.05) is 0 Å². The minimum absolute atomic E-state index is 0.0491. The van der Waals surface area contributed by atoms with Crippen LogP contribution in [0.15, 0.2) is 23.9 Å². The zero-order valence-corrected chi connectivity index (χ0v) is 15.3. The molecule has 0 radical (unpaired) electrons. The molecule has 1 saturated heterocycles. The first kappa shape index (κ1) is 18.0. The summed E-state index contributed by atoms with van der Waals surface area (Å²) in [5, 5.41) is 16.1. The maximum absolute atomic E-state index is 12.4. The van der Waals surface area contributed by atoms with Gasteiger partial charge < -0.3 is 14.6 Å². The van der Waals surface area contributed by atoms with Crippen molar-refractivity contribution in [2.75, 3.05) is 11.9 Å². The Kier molecular flexibility index (Phi) is 5.24. The van der Waals surface area contributed by atoms with Crippen LogP contribution < -0.4 is 5.32 Å². The van der Waals surface area contributed by atoms with Gasteiger partial charge in [-0.3, -0.25) is 9.48 Å². The molecule has 1 aliphatic rings. The standard InChI is InChI=1S/C19H23N5O2/c1-13-9-15(14(2)24(13)12-17-5-4-8-26-17)10-16(11-20)19(25)21-18-6-7-23(3)22-18/h6-7,9-10,17H,4-5,8,12H2,1-3H3,(H,21,22,25)/b16-10+. The third kappa shape index (κ3) is 3.86. The highest BCUT2D eigenvalue weighted by atomic mass is 16.5. The summed E-state index contributed by atoms with van der Waals surface area (Å²) >= 11 is 0. The third-order valence-electron chi connectivity index (χ3n) is 4.64. The molecule has 0 spiro atoms. The van der Waals surface area contributed by atoms with E-state index in [9.17, 15) is 10.1 Å². The van der Waals surface area contributed by atoms with Crippen LogP contribution in [0.5, 0.6) is 0 Å². The van der Waals surface area contributed by atoms with E-state index < -0.39 is 5.91 Å². The monoisotopic (exact) mass is 353 g/mol. The van der Waals surface area contributed by atoms with Crippen LogP contribution in [0.4, 0.5) is 5.82 Å². The zero-order chi connectivity index (χ0) is 18.7. The number of rotatable bonds is 5. The van der Waals surface area contributed by atoms with Crippen LogP contribution in [0.2, 0.25) is 0 Å². The first-order chi connectivity index (χ1) is 12.5. The number of hydrogen-bond donors (Lipinski definition) is 1. The summed E-state index contributed by atoms with van der Waals surface area (Å²) in [5.74, 6) is -0.0439. The lowest BCUT2D eigenvalue weighted by Crippen LogP contribution is -2.17. The molecule has 7 heteroatoms. The molecule has 1 aliphatic heterocycles. The van der Waals surface area contributed by atoms with Crippen molar-refractivity contribution in [3.63, 3.8) is 0 Å². The van der Waals surface area contributed by atoms with E-state index >= 15 is 0 Å². The normalized spacial score (nSPS) is 17.3. The Bertz CT molecular complexity index is 878. The third-order valence-corrected chi connectivity index (χ3v) is 4.64. The summed E-state index contributed by atoms with van der Waals surface area (Å²) in [5.41, 5.74) is 3.03. The van der Waals surface area contributed by atoms with Crippen LogP contribution in [0, 0.1) is 25.2 Å². The summed E-state index contributed by atoms with van der Waals surface area (Å²) < 4.78 is 9.50. The van der Waals surface area contributed by atoms with E-state index in [0.717, 1.165) is 42.9 Å². The first-order valence-electron chi connectivity index (χ1n) is 8.69. The van der Waals surface area contributed by atoms with E-state index in [0.29, 0.717) is 5.82 Å². The summed E-state index contributed by atoms with van der Waals surface area (Å²) in [4.78, 5) is 12.4. The lowest BCUT2D eigenvalue weighted by molar-refractivity contribution is -0.112. The molecular weight excluding hydrogens is 330 g/mol. The van der Waals surface area contributed by atoms with Gasteiger partial charge in [0, 0.05) is 43.9 Å². The van der Waals surface area contributed by atoms with Gasteiger partial charge in [-0.05, 0) is 44.4 Å². The molecule has 0 saturated carbocycles. The van der Waals surface area contributed by atoms with Crippen LogP contribution >= 0.6 is 0 Å². The number of carbonyl (C=O) groups is 1. The SMILES string of the molecule is Cc1cc(/C=C(\C#N)C(=O)Nc2ccn(C)n2)c(C)n1CC1CCCO1. The van der Waals surface area contributed by atoms with Gasteiger partial charge in [-0.25, -0.2) is 0 Å². The van der Waals surface area contributed by atoms with E-state index in [-0.39, 0.29) is 11.7 Å². The maximum atomic E-state index is 12.4. The number of ether oxygens (including phenoxy) is 1. The largest absolute Gasteiger partial charge is 0.376 e. The number of amides is 1. The Labute approximate surface area is 152 Å². The van der Waals surface area contributed by atoms with Crippen molar-refractivity contribution in [1.29, 1.82) is 5.26 Å². The number of nitrogens with one attached hydrogen (secondary N) is 1. The van der Waals surface area contributed by atoms with Gasteiger partial charge in [0.05, 0.1) is 6.10 Å². The molecule has 1 unspecified atom stereocenters. The predicted octanol–water partition coefficient (Wildman–Crippen LogP) is 2.56. The Balaban J connectivity index is 1.80. The highest BCUT2D eigenvalue weighted by Crippen LogP contribution is 2.22. The highest BCUT2D eigenvalue weighted by molar-refractivity contribution is 6.09. The number of carbonyl (C=O) groups excluding carboxylic acids is 1. The molecule has 0 bridgehead atoms. The van der Waals surface area contributed by atoms with E-state index in [2.05, 4.69) is 15.0 Å². The number of nitrogens with zero attached hydrogens (tertiary/aromatic N) is 4. The van der Waals surface area contributed by atoms with Crippen molar-refractivity contribution in [3.8, 4) is 6.07 Å². The van der Waals surface area contributed by atoms with Crippen molar-refractivity contribution < 1.29 is 9.53 Å². The van der Waals surface area contributed by atoms with Gasteiger partial charge in [0.1, 0.15) is 11.6 Å². The van der Waals surface area contributed by atoms with Gasteiger partial charge in [0.25, 0.3) is 5.91 Å². The molecule has 136 valence electrons. The topological polar surface area (TPSA) is 84.9 Å². The summed E-state index contributed by atoms with van der Waals surface area (Å²) in [6, 6.07) is 5.66. The minimum atomic E-state index is -0.463. The van der Waals surface area contributed by atoms with Crippen LogP contribution in [-0.4, -0.2) is 33.0 Å². The highest BCUT2D eigenvalue weighted by Gasteiger charge is 2.19. The number of anilines is 1. The second kappa shape index (κ2) is 7.58. The Morgan fingerprint density at radius 1 is 1.54 bits per heavy atom. The molecule has 26 heavy (non-hydrogen) atoms. The van der Waals surface area contributed by atoms with Crippen LogP contribution in [0.3, 0.4) is 0 Å². The molecule has 7 nitrogen and oxygen atoms in total. The fourth-order valence-corrected chi connectivity index (χ4v) is 3.22. The average molecular weight is 353 g/mol. The molecule has 1 atom stereocenters. The predicted molar refractivity (Wildman–Crippen MR) is 98.3 cm³/mol. The molecule has 1 fully saturated rings. The lowest BCUT2D eigenvalue weighted by Gasteiger charge is -2.14. The van der Waals surface area contributed by atoms with Gasteiger partial charge in [-0.2, -0.15) is 10.4 Å². The van der Waals surface area contributed by atoms with Crippen molar-refractivity contribution in [2.24, 2.45) is 7.05 Å². The van der Waals surface area contributed by atoms with Crippen molar-refractivity contribution in [2.45, 2.75) is 39.3 Å². The Hall–Kier alpha value is -2.85. The molecule has 2 aromatic rings. The number of hydrogen-bond acceptors (Lipinski definition) is 4. The first-order valence-corrected chi connectivity index (χ1v) is 8.69. The summed E-state index contributed by atoms with van der Waals surface area (Å²) in [6.07, 6.45) is 5.76. The minimum Gasteiger partial charge on any atom is -0.376 e. The van der Waals surface area contributed by atoms with E-state index in [1.807, 2.05) is 26.0 Å². The van der Waals surface area contributed by atoms with Crippen LogP contribution in [0.25, 0.3) is 6.08 Å². The zero-order valence-electron chi connectivity index (χ0n) is 15.3. The van der Waals surface area contributed by atoms with E-state index in [4.69, 9.17) is 4.74 Å². The van der Waals surface area contributed by atoms with Crippen molar-refractivity contribution in [3.05, 3.63) is 40.9 Å².